The van der Waals surface area contributed by atoms with Crippen molar-refractivity contribution in [3.05, 3.63) is 17.6 Å². The van der Waals surface area contributed by atoms with Crippen molar-refractivity contribution in [3.8, 4) is 0 Å². The van der Waals surface area contributed by atoms with Crippen LogP contribution in [0, 0.1) is 0 Å². The molecule has 0 spiro atoms. The molecule has 3 heterocycles. The third-order valence-electron chi connectivity index (χ3n) is 5.79. The van der Waals surface area contributed by atoms with E-state index >= 15 is 0 Å². The molecule has 27 heavy (non-hydrogen) atoms. The molecule has 2 saturated heterocycles. The highest BCUT2D eigenvalue weighted by Gasteiger charge is 2.53. The van der Waals surface area contributed by atoms with E-state index in [0.717, 1.165) is 12.8 Å². The van der Waals surface area contributed by atoms with Crippen LogP contribution in [-0.2, 0) is 14.1 Å². The molecule has 0 aromatic carbocycles. The summed E-state index contributed by atoms with van der Waals surface area (Å²) in [5.74, 6) is 0.181. The van der Waals surface area contributed by atoms with E-state index < -0.39 is 24.0 Å². The highest BCUT2D eigenvalue weighted by atomic mass is 19.1. The standard InChI is InChI=1S/C18H28BFN4O3/c1-6-16(25)23-9-7-14(8-10-23)24-12-13(21-22-24)11-15(20)19-26-17(2,3)18(4,5)27-19/h11-12,14H,6-10H2,1-5H3. The van der Waals surface area contributed by atoms with Gasteiger partial charge in [-0.15, -0.1) is 5.10 Å². The third-order valence-corrected chi connectivity index (χ3v) is 5.79. The lowest BCUT2D eigenvalue weighted by molar-refractivity contribution is -0.132. The van der Waals surface area contributed by atoms with Gasteiger partial charge in [0, 0.05) is 19.5 Å². The zero-order valence-electron chi connectivity index (χ0n) is 16.7. The Morgan fingerprint density at radius 2 is 1.89 bits per heavy atom. The summed E-state index contributed by atoms with van der Waals surface area (Å²) >= 11 is 0. The van der Waals surface area contributed by atoms with Crippen molar-refractivity contribution in [1.82, 2.24) is 19.9 Å². The number of piperidine rings is 1. The maximum Gasteiger partial charge on any atom is 0.525 e. The molecule has 2 aliphatic rings. The van der Waals surface area contributed by atoms with Gasteiger partial charge in [-0.2, -0.15) is 0 Å². The molecule has 2 fully saturated rings. The quantitative estimate of drug-likeness (QED) is 0.754. The normalized spacial score (nSPS) is 23.1. The Balaban J connectivity index is 1.63. The van der Waals surface area contributed by atoms with Crippen LogP contribution < -0.4 is 0 Å². The predicted molar refractivity (Wildman–Crippen MR) is 100 cm³/mol. The van der Waals surface area contributed by atoms with Crippen LogP contribution in [0.25, 0.3) is 6.08 Å². The van der Waals surface area contributed by atoms with Gasteiger partial charge in [0.1, 0.15) is 11.4 Å². The molecule has 0 bridgehead atoms. The van der Waals surface area contributed by atoms with Crippen molar-refractivity contribution < 1.29 is 18.5 Å². The number of hydrogen-bond acceptors (Lipinski definition) is 5. The first-order valence-corrected chi connectivity index (χ1v) is 9.55. The minimum atomic E-state index is -1.04. The Morgan fingerprint density at radius 3 is 2.44 bits per heavy atom. The number of carbonyl (C=O) groups excluding carboxylic acids is 1. The summed E-state index contributed by atoms with van der Waals surface area (Å²) < 4.78 is 27.8. The van der Waals surface area contributed by atoms with Crippen molar-refractivity contribution in [1.29, 1.82) is 0 Å². The maximum absolute atomic E-state index is 14.6. The Morgan fingerprint density at radius 1 is 1.30 bits per heavy atom. The summed E-state index contributed by atoms with van der Waals surface area (Å²) in [7, 11) is -1.04. The van der Waals surface area contributed by atoms with Crippen LogP contribution in [0.15, 0.2) is 11.9 Å². The molecule has 1 amide bonds. The summed E-state index contributed by atoms with van der Waals surface area (Å²) in [5, 5.41) is 8.19. The van der Waals surface area contributed by atoms with Gasteiger partial charge >= 0.3 is 7.12 Å². The van der Waals surface area contributed by atoms with Gasteiger partial charge in [0.25, 0.3) is 0 Å². The molecule has 0 aliphatic carbocycles. The molecular formula is C18H28BFN4O3. The molecule has 0 unspecified atom stereocenters. The summed E-state index contributed by atoms with van der Waals surface area (Å²) in [6, 6.07) is 0.167. The Bertz CT molecular complexity index is 710. The average Bonchev–Trinajstić information content (AvgIpc) is 3.16. The van der Waals surface area contributed by atoms with E-state index in [1.54, 1.807) is 10.9 Å². The SMILES string of the molecule is CCC(=O)N1CCC(n2cc(C=C(F)B3OC(C)(C)C(C)(C)O3)nn2)CC1. The van der Waals surface area contributed by atoms with Crippen LogP contribution in [0.5, 0.6) is 0 Å². The summed E-state index contributed by atoms with van der Waals surface area (Å²) in [6.45, 7) is 10.8. The lowest BCUT2D eigenvalue weighted by Gasteiger charge is -2.32. The molecule has 0 radical (unpaired) electrons. The second-order valence-electron chi connectivity index (χ2n) is 8.21. The number of carbonyl (C=O) groups is 1. The number of likely N-dealkylation sites (tertiary alicyclic amines) is 1. The van der Waals surface area contributed by atoms with E-state index in [1.807, 2.05) is 39.5 Å². The number of halogens is 1. The van der Waals surface area contributed by atoms with Crippen molar-refractivity contribution in [2.24, 2.45) is 0 Å². The highest BCUT2D eigenvalue weighted by molar-refractivity contribution is 6.54. The zero-order chi connectivity index (χ0) is 19.8. The number of nitrogens with zero attached hydrogens (tertiary/aromatic N) is 4. The van der Waals surface area contributed by atoms with Crippen molar-refractivity contribution in [2.45, 2.75) is 71.1 Å². The molecule has 1 aromatic heterocycles. The third kappa shape index (κ3) is 4.08. The van der Waals surface area contributed by atoms with Gasteiger partial charge in [-0.1, -0.05) is 12.1 Å². The molecule has 1 aromatic rings. The smallest absolute Gasteiger partial charge is 0.398 e. The largest absolute Gasteiger partial charge is 0.525 e. The number of hydrogen-bond donors (Lipinski definition) is 0. The van der Waals surface area contributed by atoms with Gasteiger partial charge in [-0.3, -0.25) is 4.79 Å². The van der Waals surface area contributed by atoms with Gasteiger partial charge in [-0.25, -0.2) is 9.07 Å². The fourth-order valence-corrected chi connectivity index (χ4v) is 3.30. The van der Waals surface area contributed by atoms with Crippen LogP contribution in [0.1, 0.15) is 65.6 Å². The van der Waals surface area contributed by atoms with Gasteiger partial charge in [0.05, 0.1) is 23.4 Å². The maximum atomic E-state index is 14.6. The lowest BCUT2D eigenvalue weighted by Crippen LogP contribution is -2.41. The summed E-state index contributed by atoms with van der Waals surface area (Å²) in [4.78, 5) is 13.7. The van der Waals surface area contributed by atoms with Crippen LogP contribution in [-0.4, -0.2) is 57.2 Å². The number of rotatable bonds is 4. The Labute approximate surface area is 160 Å². The first-order chi connectivity index (χ1) is 12.6. The van der Waals surface area contributed by atoms with Gasteiger partial charge in [0.2, 0.25) is 5.91 Å². The van der Waals surface area contributed by atoms with Crippen LogP contribution in [0.2, 0.25) is 0 Å². The lowest BCUT2D eigenvalue weighted by atomic mass is 9.87. The van der Waals surface area contributed by atoms with Crippen LogP contribution >= 0.6 is 0 Å². The molecular weight excluding hydrogens is 350 g/mol. The average molecular weight is 378 g/mol. The molecule has 0 saturated carbocycles. The van der Waals surface area contributed by atoms with Crippen molar-refractivity contribution >= 4 is 19.1 Å². The molecule has 2 aliphatic heterocycles. The fourth-order valence-electron chi connectivity index (χ4n) is 3.30. The predicted octanol–water partition coefficient (Wildman–Crippen LogP) is 2.79. The first-order valence-electron chi connectivity index (χ1n) is 9.55. The van der Waals surface area contributed by atoms with E-state index in [9.17, 15) is 9.18 Å². The zero-order valence-corrected chi connectivity index (χ0v) is 16.7. The number of aromatic nitrogens is 3. The van der Waals surface area contributed by atoms with E-state index in [-0.39, 0.29) is 11.9 Å². The minimum absolute atomic E-state index is 0.167. The van der Waals surface area contributed by atoms with Crippen molar-refractivity contribution in [2.75, 3.05) is 13.1 Å². The molecule has 3 rings (SSSR count). The number of amides is 1. The van der Waals surface area contributed by atoms with Gasteiger partial charge in [-0.05, 0) is 46.6 Å². The van der Waals surface area contributed by atoms with Gasteiger partial charge in [0.15, 0.2) is 0 Å². The molecule has 9 heteroatoms. The second kappa shape index (κ2) is 7.35. The molecule has 148 valence electrons. The Kier molecular flexibility index (Phi) is 5.45. The van der Waals surface area contributed by atoms with E-state index in [2.05, 4.69) is 10.3 Å². The highest BCUT2D eigenvalue weighted by Crippen LogP contribution is 2.39. The topological polar surface area (TPSA) is 69.5 Å². The molecule has 7 nitrogen and oxygen atoms in total. The molecule has 0 atom stereocenters. The monoisotopic (exact) mass is 378 g/mol. The molecule has 0 N–H and O–H groups in total. The Hall–Kier alpha value is -1.74. The summed E-state index contributed by atoms with van der Waals surface area (Å²) in [6.07, 6.45) is 5.20. The fraction of sp³-hybridized carbons (Fsp3) is 0.722. The van der Waals surface area contributed by atoms with E-state index in [0.29, 0.717) is 25.2 Å². The first kappa shape index (κ1) is 20.0. The van der Waals surface area contributed by atoms with E-state index in [4.69, 9.17) is 9.31 Å². The van der Waals surface area contributed by atoms with Crippen LogP contribution in [0.4, 0.5) is 4.39 Å². The van der Waals surface area contributed by atoms with Crippen molar-refractivity contribution in [3.63, 3.8) is 0 Å². The second-order valence-corrected chi connectivity index (χ2v) is 8.21. The van der Waals surface area contributed by atoms with Crippen LogP contribution in [0.3, 0.4) is 0 Å². The summed E-state index contributed by atoms with van der Waals surface area (Å²) in [5.41, 5.74) is -1.28. The van der Waals surface area contributed by atoms with E-state index in [1.165, 1.54) is 6.08 Å². The minimum Gasteiger partial charge on any atom is -0.398 e. The van der Waals surface area contributed by atoms with Gasteiger partial charge < -0.3 is 14.2 Å².